The number of nitrogen functional groups attached to an aromatic ring is 1. The molecule has 2 atom stereocenters. The number of benzene rings is 2. The molecule has 5 rings (SSSR count). The fourth-order valence-corrected chi connectivity index (χ4v) is 6.70. The molecule has 0 aliphatic carbocycles. The highest BCUT2D eigenvalue weighted by Crippen LogP contribution is 2.33. The predicted octanol–water partition coefficient (Wildman–Crippen LogP) is 7.27. The van der Waals surface area contributed by atoms with Crippen LogP contribution in [0.25, 0.3) is 11.3 Å². The molecule has 5 N–H and O–H groups in total. The number of anilines is 2. The molecule has 0 radical (unpaired) electrons. The van der Waals surface area contributed by atoms with Crippen LogP contribution in [0.2, 0.25) is 0 Å². The fourth-order valence-electron chi connectivity index (χ4n) is 5.24. The predicted molar refractivity (Wildman–Crippen MR) is 203 cm³/mol. The number of rotatable bonds is 2. The van der Waals surface area contributed by atoms with Gasteiger partial charge in [0.05, 0.1) is 47.2 Å². The summed E-state index contributed by atoms with van der Waals surface area (Å²) in [7, 11) is -1.44. The van der Waals surface area contributed by atoms with Gasteiger partial charge in [0.15, 0.2) is 11.5 Å². The Bertz CT molecular complexity index is 1610. The van der Waals surface area contributed by atoms with E-state index in [-0.39, 0.29) is 37.7 Å². The Morgan fingerprint density at radius 1 is 1.06 bits per heavy atom. The molecule has 4 bridgehead atoms. The third kappa shape index (κ3) is 13.2. The summed E-state index contributed by atoms with van der Waals surface area (Å²) in [6, 6.07) is 12.2. The van der Waals surface area contributed by atoms with Crippen molar-refractivity contribution in [2.75, 3.05) is 30.9 Å². The van der Waals surface area contributed by atoms with Crippen LogP contribution in [0.15, 0.2) is 53.6 Å². The van der Waals surface area contributed by atoms with Crippen molar-refractivity contribution in [2.24, 2.45) is 0 Å². The van der Waals surface area contributed by atoms with E-state index in [1.54, 1.807) is 70.2 Å². The molecule has 0 saturated carbocycles. The second-order valence-electron chi connectivity index (χ2n) is 13.4. The van der Waals surface area contributed by atoms with Gasteiger partial charge in [0, 0.05) is 33.9 Å². The van der Waals surface area contributed by atoms with Crippen molar-refractivity contribution in [1.82, 2.24) is 15.3 Å². The monoisotopic (exact) mass is 727 g/mol. The van der Waals surface area contributed by atoms with Crippen molar-refractivity contribution in [1.29, 1.82) is 0 Å². The number of fused-ring (bicyclic) bond motifs is 13. The number of nitrogens with one attached hydrogen (secondary N) is 2. The average Bonchev–Trinajstić information content (AvgIpc) is 3.07. The first-order chi connectivity index (χ1) is 24.0. The Kier molecular flexibility index (Phi) is 16.5. The maximum atomic E-state index is 13.5. The lowest BCUT2D eigenvalue weighted by molar-refractivity contribution is -0.0441. The number of carbonyl (C=O) groups is 2. The van der Waals surface area contributed by atoms with E-state index in [0.29, 0.717) is 52.6 Å². The molecule has 1 aromatic heterocycles. The summed E-state index contributed by atoms with van der Waals surface area (Å²) in [6.07, 6.45) is 2.37. The molecular formula is C38H57N5O7S. The number of para-hydroxylation sites is 1. The van der Waals surface area contributed by atoms with E-state index in [1.807, 2.05) is 41.5 Å². The highest BCUT2D eigenvalue weighted by molar-refractivity contribution is 7.86. The van der Waals surface area contributed by atoms with Gasteiger partial charge in [-0.2, -0.15) is 0 Å². The Hall–Kier alpha value is -4.07. The van der Waals surface area contributed by atoms with Gasteiger partial charge in [-0.05, 0) is 79.0 Å². The van der Waals surface area contributed by atoms with E-state index < -0.39 is 38.7 Å². The zero-order valence-corrected chi connectivity index (χ0v) is 32.7. The third-order valence-electron chi connectivity index (χ3n) is 7.20. The molecule has 0 fully saturated rings. The summed E-state index contributed by atoms with van der Waals surface area (Å²) < 4.78 is 30.2. The minimum Gasteiger partial charge on any atom is -0.491 e. The molecule has 3 aromatic rings. The minimum atomic E-state index is -1.44. The van der Waals surface area contributed by atoms with Crippen LogP contribution in [0, 0.1) is 0 Å². The van der Waals surface area contributed by atoms with Crippen molar-refractivity contribution in [3.63, 3.8) is 0 Å². The van der Waals surface area contributed by atoms with Crippen LogP contribution in [-0.2, 0) is 26.8 Å². The van der Waals surface area contributed by atoms with Gasteiger partial charge in [0.1, 0.15) is 11.4 Å². The molecule has 2 aliphatic heterocycles. The van der Waals surface area contributed by atoms with Gasteiger partial charge in [0.25, 0.3) is 5.91 Å². The van der Waals surface area contributed by atoms with Crippen molar-refractivity contribution in [3.05, 3.63) is 59.9 Å². The topological polar surface area (TPSA) is 175 Å². The summed E-state index contributed by atoms with van der Waals surface area (Å²) >= 11 is 0. The first-order valence-electron chi connectivity index (χ1n) is 17.5. The lowest BCUT2D eigenvalue weighted by Gasteiger charge is -2.33. The molecule has 3 heterocycles. The van der Waals surface area contributed by atoms with Gasteiger partial charge in [0.2, 0.25) is 0 Å². The number of nitrogens with zero attached hydrogens (tertiary/aromatic N) is 2. The number of aliphatic hydroxyl groups is 1. The zero-order valence-electron chi connectivity index (χ0n) is 31.8. The van der Waals surface area contributed by atoms with Crippen molar-refractivity contribution < 1.29 is 33.1 Å². The van der Waals surface area contributed by atoms with Crippen molar-refractivity contribution in [2.45, 2.75) is 116 Å². The van der Waals surface area contributed by atoms with E-state index in [9.17, 15) is 18.9 Å². The standard InChI is InChI=1S/C34H45N5O7S.2C2H6/c1-32(2,3)46-31(41)37-18-23-10-9-11-25-28(23)45-17-8-7-16-44-21-34(6,42)20-33(4,5)47(43)24-14-12-22(13-15-24)26-19-36-29(35)27(38-26)30(40)39-25;2*1-2/h9-15,19,42H,7-8,16-18,20-21H2,1-6H3,(H2,35,36)(H,37,41)(H,39,40);2*1-2H3. The number of carbonyl (C=O) groups excluding carboxylic acids is 2. The van der Waals surface area contributed by atoms with Gasteiger partial charge in [-0.3, -0.25) is 9.00 Å². The van der Waals surface area contributed by atoms with Crippen molar-refractivity contribution >= 4 is 34.3 Å². The lowest BCUT2D eigenvalue weighted by atomic mass is 9.94. The molecule has 2 aliphatic rings. The smallest absolute Gasteiger partial charge is 0.407 e. The fraction of sp³-hybridized carbons (Fsp3) is 0.526. The number of hydrogen-bond acceptors (Lipinski definition) is 10. The first-order valence-corrected chi connectivity index (χ1v) is 18.7. The van der Waals surface area contributed by atoms with E-state index in [4.69, 9.17) is 19.9 Å². The SMILES string of the molecule is CC.CC.CC1(O)COCCCCOc2c(CNC(=O)OC(C)(C)C)cccc2NC(=O)c2nc(cnc2N)-c2ccc(cc2)S(=O)C(C)(C)C1. The Morgan fingerprint density at radius 2 is 1.71 bits per heavy atom. The number of amides is 2. The quantitative estimate of drug-likeness (QED) is 0.210. The maximum Gasteiger partial charge on any atom is 0.407 e. The molecule has 2 aromatic carbocycles. The van der Waals surface area contributed by atoms with Crippen LogP contribution < -0.4 is 21.1 Å². The summed E-state index contributed by atoms with van der Waals surface area (Å²) in [6.45, 7) is 19.6. The molecule has 2 amide bonds. The normalized spacial score (nSPS) is 19.4. The Balaban J connectivity index is 0.00000217. The number of ether oxygens (including phenoxy) is 3. The van der Waals surface area contributed by atoms with Crippen LogP contribution in [0.4, 0.5) is 16.3 Å². The van der Waals surface area contributed by atoms with Gasteiger partial charge in [-0.25, -0.2) is 14.8 Å². The summed E-state index contributed by atoms with van der Waals surface area (Å²) in [5.74, 6) is -0.283. The van der Waals surface area contributed by atoms with Crippen LogP contribution in [0.3, 0.4) is 0 Å². The largest absolute Gasteiger partial charge is 0.491 e. The Labute approximate surface area is 305 Å². The molecule has 0 spiro atoms. The zero-order chi connectivity index (χ0) is 38.4. The molecule has 51 heavy (non-hydrogen) atoms. The first kappa shape index (κ1) is 43.1. The molecule has 13 heteroatoms. The van der Waals surface area contributed by atoms with E-state index in [2.05, 4.69) is 20.6 Å². The van der Waals surface area contributed by atoms with Crippen LogP contribution in [0.5, 0.6) is 5.75 Å². The van der Waals surface area contributed by atoms with E-state index >= 15 is 0 Å². The van der Waals surface area contributed by atoms with E-state index in [1.165, 1.54) is 6.20 Å². The molecule has 12 nitrogen and oxygen atoms in total. The maximum absolute atomic E-state index is 13.5. The van der Waals surface area contributed by atoms with Crippen LogP contribution in [0.1, 0.15) is 105 Å². The second-order valence-corrected chi connectivity index (χ2v) is 15.5. The number of hydrogen-bond donors (Lipinski definition) is 4. The molecular weight excluding hydrogens is 671 g/mol. The number of aromatic nitrogens is 2. The Morgan fingerprint density at radius 3 is 2.35 bits per heavy atom. The molecule has 282 valence electrons. The van der Waals surface area contributed by atoms with Crippen LogP contribution >= 0.6 is 0 Å². The molecule has 2 unspecified atom stereocenters. The summed E-state index contributed by atoms with van der Waals surface area (Å²) in [5, 5.41) is 16.7. The van der Waals surface area contributed by atoms with Gasteiger partial charge in [-0.15, -0.1) is 0 Å². The third-order valence-corrected chi connectivity index (χ3v) is 9.05. The van der Waals surface area contributed by atoms with Gasteiger partial charge in [-0.1, -0.05) is 52.0 Å². The van der Waals surface area contributed by atoms with E-state index in [0.717, 1.165) is 0 Å². The minimum absolute atomic E-state index is 0.0579. The lowest BCUT2D eigenvalue weighted by Crippen LogP contribution is -2.41. The number of alkyl carbamates (subject to hydrolysis) is 1. The summed E-state index contributed by atoms with van der Waals surface area (Å²) in [5.41, 5.74) is 6.17. The van der Waals surface area contributed by atoms with Gasteiger partial charge < -0.3 is 35.7 Å². The molecule has 0 saturated heterocycles. The highest BCUT2D eigenvalue weighted by atomic mass is 32.2. The average molecular weight is 728 g/mol. The second kappa shape index (κ2) is 19.5. The van der Waals surface area contributed by atoms with Gasteiger partial charge >= 0.3 is 6.09 Å². The van der Waals surface area contributed by atoms with Crippen LogP contribution in [-0.4, -0.2) is 67.1 Å². The number of nitrogens with two attached hydrogens (primary N) is 1. The van der Waals surface area contributed by atoms with Crippen molar-refractivity contribution in [3.8, 4) is 17.0 Å². The highest BCUT2D eigenvalue weighted by Gasteiger charge is 2.36. The summed E-state index contributed by atoms with van der Waals surface area (Å²) in [4.78, 5) is 35.2.